The molecular formula is C10H13N3O3S2. The van der Waals surface area contributed by atoms with E-state index in [1.165, 1.54) is 24.2 Å². The molecule has 0 atom stereocenters. The first-order valence-corrected chi connectivity index (χ1v) is 8.45. The molecule has 2 N–H and O–H groups in total. The maximum atomic E-state index is 11.6. The summed E-state index contributed by atoms with van der Waals surface area (Å²) < 4.78 is 21.9. The highest BCUT2D eigenvalue weighted by atomic mass is 32.2. The Morgan fingerprint density at radius 1 is 1.39 bits per heavy atom. The van der Waals surface area contributed by atoms with Crippen molar-refractivity contribution in [3.05, 3.63) is 11.1 Å². The van der Waals surface area contributed by atoms with Crippen LogP contribution < -0.4 is 10.6 Å². The van der Waals surface area contributed by atoms with Crippen molar-refractivity contribution in [1.82, 2.24) is 10.3 Å². The lowest BCUT2D eigenvalue weighted by atomic mass is 10.3. The predicted molar refractivity (Wildman–Crippen MR) is 68.7 cm³/mol. The summed E-state index contributed by atoms with van der Waals surface area (Å²) in [6, 6.07) is -0.649. The Bertz CT molecular complexity index is 565. The summed E-state index contributed by atoms with van der Waals surface area (Å²) in [6.45, 7) is 0. The molecule has 8 heteroatoms. The van der Waals surface area contributed by atoms with E-state index in [1.807, 2.05) is 5.38 Å². The third kappa shape index (κ3) is 2.64. The van der Waals surface area contributed by atoms with Crippen LogP contribution >= 0.6 is 11.3 Å². The minimum atomic E-state index is -2.90. The molecule has 2 fully saturated rings. The molecule has 2 heterocycles. The Morgan fingerprint density at radius 2 is 2.11 bits per heavy atom. The fourth-order valence-corrected chi connectivity index (χ4v) is 3.96. The molecule has 1 saturated carbocycles. The van der Waals surface area contributed by atoms with Crippen molar-refractivity contribution in [2.45, 2.75) is 24.8 Å². The predicted octanol–water partition coefficient (Wildman–Crippen LogP) is 0.939. The Morgan fingerprint density at radius 3 is 2.72 bits per heavy atom. The second kappa shape index (κ2) is 4.20. The zero-order chi connectivity index (χ0) is 12.8. The normalized spacial score (nSPS) is 22.2. The lowest BCUT2D eigenvalue weighted by Gasteiger charge is -2.26. The number of urea groups is 1. The minimum absolute atomic E-state index is 0.0333. The van der Waals surface area contributed by atoms with Crippen LogP contribution in [0.4, 0.5) is 9.93 Å². The van der Waals surface area contributed by atoms with Gasteiger partial charge in [0.1, 0.15) is 0 Å². The number of anilines is 1. The van der Waals surface area contributed by atoms with Gasteiger partial charge in [0.25, 0.3) is 0 Å². The van der Waals surface area contributed by atoms with E-state index in [9.17, 15) is 13.2 Å². The monoisotopic (exact) mass is 287 g/mol. The smallest absolute Gasteiger partial charge is 0.321 e. The van der Waals surface area contributed by atoms with Crippen molar-refractivity contribution in [3.8, 4) is 0 Å². The van der Waals surface area contributed by atoms with Gasteiger partial charge >= 0.3 is 6.03 Å². The van der Waals surface area contributed by atoms with Crippen LogP contribution in [-0.2, 0) is 9.84 Å². The molecule has 1 aromatic rings. The molecule has 6 nitrogen and oxygen atoms in total. The van der Waals surface area contributed by atoms with Crippen molar-refractivity contribution >= 4 is 32.3 Å². The number of aromatic nitrogens is 1. The van der Waals surface area contributed by atoms with Gasteiger partial charge in [-0.05, 0) is 12.8 Å². The molecule has 1 aliphatic heterocycles. The molecular weight excluding hydrogens is 274 g/mol. The molecule has 1 aromatic heterocycles. The van der Waals surface area contributed by atoms with Gasteiger partial charge in [-0.2, -0.15) is 0 Å². The number of carbonyl (C=O) groups is 1. The van der Waals surface area contributed by atoms with E-state index in [0.29, 0.717) is 11.0 Å². The summed E-state index contributed by atoms with van der Waals surface area (Å²) in [5.41, 5.74) is 1.04. The third-order valence-electron chi connectivity index (χ3n) is 2.98. The Balaban J connectivity index is 1.51. The Kier molecular flexibility index (Phi) is 2.78. The molecule has 98 valence electrons. The summed E-state index contributed by atoms with van der Waals surface area (Å²) in [4.78, 5) is 15.9. The molecule has 1 aliphatic carbocycles. The zero-order valence-corrected chi connectivity index (χ0v) is 11.2. The van der Waals surface area contributed by atoms with Crippen molar-refractivity contribution in [2.24, 2.45) is 0 Å². The molecule has 3 rings (SSSR count). The first-order chi connectivity index (χ1) is 8.52. The van der Waals surface area contributed by atoms with Crippen LogP contribution in [0.5, 0.6) is 0 Å². The highest BCUT2D eigenvalue weighted by molar-refractivity contribution is 7.92. The maximum absolute atomic E-state index is 11.6. The number of thiazole rings is 1. The number of carbonyl (C=O) groups excluding carboxylic acids is 1. The van der Waals surface area contributed by atoms with Crippen LogP contribution in [0.2, 0.25) is 0 Å². The van der Waals surface area contributed by atoms with Gasteiger partial charge in [-0.1, -0.05) is 0 Å². The van der Waals surface area contributed by atoms with Gasteiger partial charge in [-0.25, -0.2) is 18.2 Å². The van der Waals surface area contributed by atoms with Crippen LogP contribution in [0.3, 0.4) is 0 Å². The number of nitrogens with one attached hydrogen (secondary N) is 2. The summed E-state index contributed by atoms with van der Waals surface area (Å²) in [5.74, 6) is 0.633. The fraction of sp³-hybridized carbons (Fsp3) is 0.600. The van der Waals surface area contributed by atoms with E-state index in [-0.39, 0.29) is 23.6 Å². The minimum Gasteiger partial charge on any atom is -0.333 e. The second-order valence-electron chi connectivity index (χ2n) is 4.72. The zero-order valence-electron chi connectivity index (χ0n) is 9.55. The number of sulfone groups is 1. The first kappa shape index (κ1) is 11.9. The van der Waals surface area contributed by atoms with E-state index < -0.39 is 9.84 Å². The summed E-state index contributed by atoms with van der Waals surface area (Å²) in [6.07, 6.45) is 2.35. The van der Waals surface area contributed by atoms with Crippen LogP contribution in [0, 0.1) is 0 Å². The quantitative estimate of drug-likeness (QED) is 0.866. The van der Waals surface area contributed by atoms with E-state index in [0.717, 1.165) is 5.69 Å². The van der Waals surface area contributed by atoms with Crippen LogP contribution in [-0.4, -0.2) is 37.0 Å². The fourth-order valence-electron chi connectivity index (χ4n) is 1.88. The highest BCUT2D eigenvalue weighted by Gasteiger charge is 2.34. The summed E-state index contributed by atoms with van der Waals surface area (Å²) >= 11 is 1.40. The van der Waals surface area contributed by atoms with Gasteiger partial charge in [0.15, 0.2) is 15.0 Å². The lowest BCUT2D eigenvalue weighted by Crippen LogP contribution is -2.53. The van der Waals surface area contributed by atoms with E-state index >= 15 is 0 Å². The van der Waals surface area contributed by atoms with Crippen molar-refractivity contribution in [3.63, 3.8) is 0 Å². The number of rotatable bonds is 3. The average molecular weight is 287 g/mol. The molecule has 2 aliphatic rings. The number of hydrogen-bond donors (Lipinski definition) is 2. The first-order valence-electron chi connectivity index (χ1n) is 5.75. The van der Waals surface area contributed by atoms with Crippen LogP contribution in [0.25, 0.3) is 0 Å². The third-order valence-corrected chi connectivity index (χ3v) is 5.58. The van der Waals surface area contributed by atoms with Gasteiger partial charge in [-0.15, -0.1) is 11.3 Å². The molecule has 18 heavy (non-hydrogen) atoms. The van der Waals surface area contributed by atoms with Gasteiger partial charge in [-0.3, -0.25) is 5.32 Å². The molecule has 0 radical (unpaired) electrons. The van der Waals surface area contributed by atoms with Crippen molar-refractivity contribution < 1.29 is 13.2 Å². The van der Waals surface area contributed by atoms with Gasteiger partial charge in [0, 0.05) is 11.3 Å². The topological polar surface area (TPSA) is 88.2 Å². The number of nitrogens with zero attached hydrogens (tertiary/aromatic N) is 1. The lowest BCUT2D eigenvalue weighted by molar-refractivity contribution is 0.249. The van der Waals surface area contributed by atoms with Crippen LogP contribution in [0.15, 0.2) is 5.38 Å². The molecule has 0 aromatic carbocycles. The Hall–Kier alpha value is -1.15. The largest absolute Gasteiger partial charge is 0.333 e. The maximum Gasteiger partial charge on any atom is 0.321 e. The van der Waals surface area contributed by atoms with Gasteiger partial charge in [0.2, 0.25) is 0 Å². The van der Waals surface area contributed by atoms with Crippen molar-refractivity contribution in [2.75, 3.05) is 16.8 Å². The van der Waals surface area contributed by atoms with Gasteiger partial charge in [0.05, 0.1) is 23.2 Å². The van der Waals surface area contributed by atoms with E-state index in [4.69, 9.17) is 0 Å². The molecule has 1 saturated heterocycles. The molecule has 0 unspecified atom stereocenters. The van der Waals surface area contributed by atoms with Crippen LogP contribution in [0.1, 0.15) is 24.5 Å². The van der Waals surface area contributed by atoms with Crippen molar-refractivity contribution in [1.29, 1.82) is 0 Å². The molecule has 0 bridgehead atoms. The standard InChI is InChI=1S/C10H13N3O3S2/c14-9(11-7-4-18(15,16)5-7)13-10-12-8(3-17-10)6-1-2-6/h3,6-7H,1-2,4-5H2,(H2,11,12,13,14). The number of hydrogen-bond acceptors (Lipinski definition) is 5. The van der Waals surface area contributed by atoms with E-state index in [1.54, 1.807) is 0 Å². The number of amides is 2. The highest BCUT2D eigenvalue weighted by Crippen LogP contribution is 2.40. The summed E-state index contributed by atoms with van der Waals surface area (Å²) in [7, 11) is -2.90. The average Bonchev–Trinajstić information content (AvgIpc) is 2.98. The second-order valence-corrected chi connectivity index (χ2v) is 7.74. The van der Waals surface area contributed by atoms with Gasteiger partial charge < -0.3 is 5.32 Å². The molecule has 0 spiro atoms. The molecule has 2 amide bonds. The SMILES string of the molecule is O=C(Nc1nc(C2CC2)cs1)NC1CS(=O)(=O)C1. The van der Waals surface area contributed by atoms with E-state index in [2.05, 4.69) is 15.6 Å². The summed E-state index contributed by atoms with van der Waals surface area (Å²) in [5, 5.41) is 7.77. The Labute approximate surface area is 109 Å².